The van der Waals surface area contributed by atoms with Crippen molar-refractivity contribution in [2.45, 2.75) is 26.9 Å². The summed E-state index contributed by atoms with van der Waals surface area (Å²) in [6.45, 7) is 6.28. The molecule has 1 amide bonds. The monoisotopic (exact) mass is 320 g/mol. The van der Waals surface area contributed by atoms with E-state index in [0.29, 0.717) is 11.1 Å². The van der Waals surface area contributed by atoms with E-state index in [2.05, 4.69) is 31.0 Å². The fourth-order valence-corrected chi connectivity index (χ4v) is 3.59. The van der Waals surface area contributed by atoms with E-state index in [9.17, 15) is 9.59 Å². The van der Waals surface area contributed by atoms with Gasteiger partial charge in [-0.3, -0.25) is 9.59 Å². The van der Waals surface area contributed by atoms with E-state index in [4.69, 9.17) is 0 Å². The number of nitrogens with one attached hydrogen (secondary N) is 1. The van der Waals surface area contributed by atoms with Gasteiger partial charge in [0.25, 0.3) is 5.91 Å². The Hall–Kier alpha value is -2.62. The molecule has 2 unspecified atom stereocenters. The first-order valence-corrected chi connectivity index (χ1v) is 8.22. The summed E-state index contributed by atoms with van der Waals surface area (Å²) in [6.07, 6.45) is 7.17. The average Bonchev–Trinajstić information content (AvgIpc) is 2.82. The van der Waals surface area contributed by atoms with Gasteiger partial charge in [-0.15, -0.1) is 0 Å². The number of allylic oxidation sites excluding steroid dienone is 4. The zero-order chi connectivity index (χ0) is 17.1. The number of rotatable bonds is 0. The van der Waals surface area contributed by atoms with Gasteiger partial charge in [0.15, 0.2) is 5.78 Å². The number of amides is 1. The number of hydrogen-bond acceptors (Lipinski definition) is 3. The first-order chi connectivity index (χ1) is 11.4. The lowest BCUT2D eigenvalue weighted by atomic mass is 9.87. The van der Waals surface area contributed by atoms with Crippen molar-refractivity contribution in [3.8, 4) is 0 Å². The van der Waals surface area contributed by atoms with E-state index in [1.54, 1.807) is 6.08 Å². The van der Waals surface area contributed by atoms with Crippen LogP contribution in [0.2, 0.25) is 0 Å². The normalized spacial score (nSPS) is 25.2. The first kappa shape index (κ1) is 14.9. The largest absolute Gasteiger partial charge is 0.331 e. The number of nitrogens with zero attached hydrogens (tertiary/aromatic N) is 1. The Morgan fingerprint density at radius 3 is 2.62 bits per heavy atom. The van der Waals surface area contributed by atoms with Crippen LogP contribution in [-0.4, -0.2) is 17.9 Å². The van der Waals surface area contributed by atoms with Crippen LogP contribution in [0.5, 0.6) is 0 Å². The van der Waals surface area contributed by atoms with Crippen LogP contribution in [0, 0.1) is 11.3 Å². The van der Waals surface area contributed by atoms with Gasteiger partial charge < -0.3 is 10.2 Å². The molecule has 0 saturated carbocycles. The number of carbonyl (C=O) groups is 2. The van der Waals surface area contributed by atoms with Crippen molar-refractivity contribution < 1.29 is 9.59 Å². The van der Waals surface area contributed by atoms with Gasteiger partial charge in [0.2, 0.25) is 0 Å². The van der Waals surface area contributed by atoms with Gasteiger partial charge in [-0.25, -0.2) is 0 Å². The SMILES string of the molecule is CC(C)(C)C1NC(=O)C2=CC=CC3C=C2N1c1ccccc1C3=O. The molecule has 1 fully saturated rings. The molecule has 2 bridgehead atoms. The van der Waals surface area contributed by atoms with E-state index >= 15 is 0 Å². The Labute approximate surface area is 141 Å². The van der Waals surface area contributed by atoms with Crippen LogP contribution in [-0.2, 0) is 4.79 Å². The molecule has 1 aromatic rings. The predicted octanol–water partition coefficient (Wildman–Crippen LogP) is 3.19. The van der Waals surface area contributed by atoms with Crippen LogP contribution in [0.4, 0.5) is 5.69 Å². The maximum absolute atomic E-state index is 13.0. The number of hydrogen-bond donors (Lipinski definition) is 1. The first-order valence-electron chi connectivity index (χ1n) is 8.22. The van der Waals surface area contributed by atoms with Gasteiger partial charge in [-0.2, -0.15) is 0 Å². The Bertz CT molecular complexity index is 839. The highest BCUT2D eigenvalue weighted by Crippen LogP contribution is 2.42. The summed E-state index contributed by atoms with van der Waals surface area (Å²) in [7, 11) is 0. The van der Waals surface area contributed by atoms with Crippen molar-refractivity contribution in [2.24, 2.45) is 11.3 Å². The van der Waals surface area contributed by atoms with E-state index in [1.807, 2.05) is 42.5 Å². The fourth-order valence-electron chi connectivity index (χ4n) is 3.59. The lowest BCUT2D eigenvalue weighted by Gasteiger charge is -2.46. The van der Waals surface area contributed by atoms with Crippen molar-refractivity contribution in [2.75, 3.05) is 4.90 Å². The molecule has 0 radical (unpaired) electrons. The Morgan fingerprint density at radius 2 is 1.88 bits per heavy atom. The van der Waals surface area contributed by atoms with Gasteiger partial charge in [0.05, 0.1) is 22.9 Å². The molecule has 1 aliphatic carbocycles. The second-order valence-corrected chi connectivity index (χ2v) is 7.54. The Morgan fingerprint density at radius 1 is 1.12 bits per heavy atom. The zero-order valence-corrected chi connectivity index (χ0v) is 14.0. The zero-order valence-electron chi connectivity index (χ0n) is 14.0. The number of Topliss-reactive ketones (excluding diaryl/α,β-unsaturated/α-hetero) is 1. The number of fused-ring (bicyclic) bond motifs is 3. The highest BCUT2D eigenvalue weighted by atomic mass is 16.2. The summed E-state index contributed by atoms with van der Waals surface area (Å²) < 4.78 is 0. The molecule has 24 heavy (non-hydrogen) atoms. The summed E-state index contributed by atoms with van der Waals surface area (Å²) >= 11 is 0. The fraction of sp³-hybridized carbons (Fsp3) is 0.300. The minimum absolute atomic E-state index is 0.0681. The Kier molecular flexibility index (Phi) is 3.07. The van der Waals surface area contributed by atoms with Crippen molar-refractivity contribution in [3.05, 3.63) is 65.4 Å². The molecule has 3 aliphatic rings. The smallest absolute Gasteiger partial charge is 0.255 e. The van der Waals surface area contributed by atoms with Crippen LogP contribution >= 0.6 is 0 Å². The van der Waals surface area contributed by atoms with Crippen LogP contribution in [0.1, 0.15) is 31.1 Å². The molecule has 122 valence electrons. The molecular formula is C20H20N2O2. The number of benzene rings is 1. The minimum atomic E-state index is -0.341. The van der Waals surface area contributed by atoms with Crippen LogP contribution in [0.15, 0.2) is 59.8 Å². The summed E-state index contributed by atoms with van der Waals surface area (Å²) in [5.74, 6) is -0.362. The third-order valence-corrected chi connectivity index (χ3v) is 4.78. The molecule has 0 spiro atoms. The molecule has 4 heteroatoms. The van der Waals surface area contributed by atoms with Gasteiger partial charge >= 0.3 is 0 Å². The maximum atomic E-state index is 13.0. The Balaban J connectivity index is 2.02. The second kappa shape index (κ2) is 4.94. The van der Waals surface area contributed by atoms with E-state index in [-0.39, 0.29) is 29.2 Å². The highest BCUT2D eigenvalue weighted by molar-refractivity contribution is 6.09. The highest BCUT2D eigenvalue weighted by Gasteiger charge is 2.43. The lowest BCUT2D eigenvalue weighted by molar-refractivity contribution is -0.119. The van der Waals surface area contributed by atoms with E-state index in [1.165, 1.54) is 0 Å². The average molecular weight is 320 g/mol. The molecule has 1 aromatic carbocycles. The van der Waals surface area contributed by atoms with Crippen molar-refractivity contribution in [1.29, 1.82) is 0 Å². The van der Waals surface area contributed by atoms with Crippen LogP contribution < -0.4 is 10.2 Å². The molecule has 4 nitrogen and oxygen atoms in total. The van der Waals surface area contributed by atoms with Crippen molar-refractivity contribution >= 4 is 17.4 Å². The predicted molar refractivity (Wildman–Crippen MR) is 93.4 cm³/mol. The molecular weight excluding hydrogens is 300 g/mol. The molecule has 0 aromatic heterocycles. The van der Waals surface area contributed by atoms with Crippen molar-refractivity contribution in [1.82, 2.24) is 5.32 Å². The standard InChI is InChI=1S/C20H20N2O2/c1-20(2,3)19-21-18(24)14-9-6-7-12-11-16(14)22(19)15-10-5-4-8-13(15)17(12)23/h4-12,19H,1-3H3,(H,21,24). The van der Waals surface area contributed by atoms with Gasteiger partial charge in [0.1, 0.15) is 6.17 Å². The molecule has 4 rings (SSSR count). The molecule has 2 aliphatic heterocycles. The second-order valence-electron chi connectivity index (χ2n) is 7.54. The summed E-state index contributed by atoms with van der Waals surface area (Å²) in [5, 5.41) is 3.13. The lowest BCUT2D eigenvalue weighted by Crippen LogP contribution is -2.59. The topological polar surface area (TPSA) is 49.4 Å². The number of carbonyl (C=O) groups excluding carboxylic acids is 2. The molecule has 2 heterocycles. The summed E-state index contributed by atoms with van der Waals surface area (Å²) in [4.78, 5) is 27.7. The maximum Gasteiger partial charge on any atom is 0.255 e. The molecule has 1 saturated heterocycles. The third-order valence-electron chi connectivity index (χ3n) is 4.78. The molecule has 2 atom stereocenters. The number of ketones is 1. The quantitative estimate of drug-likeness (QED) is 0.799. The van der Waals surface area contributed by atoms with Crippen LogP contribution in [0.25, 0.3) is 0 Å². The third kappa shape index (κ3) is 2.06. The van der Waals surface area contributed by atoms with E-state index < -0.39 is 0 Å². The van der Waals surface area contributed by atoms with Crippen LogP contribution in [0.3, 0.4) is 0 Å². The number of anilines is 1. The van der Waals surface area contributed by atoms with E-state index in [0.717, 1.165) is 11.4 Å². The summed E-state index contributed by atoms with van der Waals surface area (Å²) in [5.41, 5.74) is 2.80. The van der Waals surface area contributed by atoms with Crippen molar-refractivity contribution in [3.63, 3.8) is 0 Å². The van der Waals surface area contributed by atoms with Gasteiger partial charge in [-0.1, -0.05) is 45.1 Å². The minimum Gasteiger partial charge on any atom is -0.331 e. The molecule has 1 N–H and O–H groups in total. The number of para-hydroxylation sites is 1. The summed E-state index contributed by atoms with van der Waals surface area (Å²) in [6, 6.07) is 7.66. The van der Waals surface area contributed by atoms with Gasteiger partial charge in [0, 0.05) is 11.0 Å². The van der Waals surface area contributed by atoms with Gasteiger partial charge in [-0.05, 0) is 24.3 Å².